The normalized spacial score (nSPS) is 18.5. The molecule has 1 aromatic heterocycles. The third-order valence-electron chi connectivity index (χ3n) is 5.03. The fraction of sp³-hybridized carbons (Fsp3) is 0.286. The molecule has 1 fully saturated rings. The maximum atomic E-state index is 12.6. The van der Waals surface area contributed by atoms with Crippen LogP contribution in [0.15, 0.2) is 47.0 Å². The van der Waals surface area contributed by atoms with Crippen molar-refractivity contribution in [2.75, 3.05) is 24.7 Å². The Kier molecular flexibility index (Phi) is 4.00. The van der Waals surface area contributed by atoms with E-state index in [1.165, 1.54) is 0 Å². The van der Waals surface area contributed by atoms with Crippen LogP contribution in [0.2, 0.25) is 0 Å². The molecule has 7 heteroatoms. The number of hydrogen-bond acceptors (Lipinski definition) is 6. The molecule has 0 saturated carbocycles. The molecule has 28 heavy (non-hydrogen) atoms. The number of ether oxygens (including phenoxy) is 2. The van der Waals surface area contributed by atoms with Crippen molar-refractivity contribution in [2.24, 2.45) is 0 Å². The number of carbonyl (C=O) groups is 1. The van der Waals surface area contributed by atoms with Crippen LogP contribution in [-0.2, 0) is 4.79 Å². The molecule has 1 amide bonds. The average molecular weight is 377 g/mol. The summed E-state index contributed by atoms with van der Waals surface area (Å²) in [6, 6.07) is 13.5. The summed E-state index contributed by atoms with van der Waals surface area (Å²) in [5.41, 5.74) is 2.82. The molecule has 3 heterocycles. The van der Waals surface area contributed by atoms with Crippen molar-refractivity contribution in [1.29, 1.82) is 0 Å². The third-order valence-corrected chi connectivity index (χ3v) is 5.03. The largest absolute Gasteiger partial charge is 0.486 e. The number of aryl methyl sites for hydroxylation is 1. The van der Waals surface area contributed by atoms with Gasteiger partial charge in [0.2, 0.25) is 17.6 Å². The predicted octanol–water partition coefficient (Wildman–Crippen LogP) is 3.34. The van der Waals surface area contributed by atoms with Crippen LogP contribution >= 0.6 is 0 Å². The van der Waals surface area contributed by atoms with Crippen molar-refractivity contribution in [3.63, 3.8) is 0 Å². The number of carbonyl (C=O) groups excluding carboxylic acids is 1. The van der Waals surface area contributed by atoms with Gasteiger partial charge in [-0.2, -0.15) is 4.98 Å². The zero-order valence-corrected chi connectivity index (χ0v) is 15.4. The van der Waals surface area contributed by atoms with E-state index in [-0.39, 0.29) is 11.8 Å². The molecule has 3 aromatic rings. The smallest absolute Gasteiger partial charge is 0.232 e. The van der Waals surface area contributed by atoms with Crippen LogP contribution in [0.25, 0.3) is 11.4 Å². The van der Waals surface area contributed by atoms with E-state index >= 15 is 0 Å². The molecular weight excluding hydrogens is 358 g/mol. The summed E-state index contributed by atoms with van der Waals surface area (Å²) in [6.45, 7) is 3.56. The van der Waals surface area contributed by atoms with E-state index in [1.54, 1.807) is 4.90 Å². The monoisotopic (exact) mass is 377 g/mol. The first-order chi connectivity index (χ1) is 13.7. The maximum absolute atomic E-state index is 12.6. The van der Waals surface area contributed by atoms with Gasteiger partial charge in [0, 0.05) is 30.3 Å². The zero-order valence-electron chi connectivity index (χ0n) is 15.4. The molecule has 0 aliphatic carbocycles. The van der Waals surface area contributed by atoms with Crippen LogP contribution in [0.4, 0.5) is 5.69 Å². The molecule has 0 N–H and O–H groups in total. The number of fused-ring (bicyclic) bond motifs is 1. The number of benzene rings is 2. The Morgan fingerprint density at radius 3 is 2.79 bits per heavy atom. The first-order valence-electron chi connectivity index (χ1n) is 9.28. The van der Waals surface area contributed by atoms with Crippen molar-refractivity contribution in [2.45, 2.75) is 19.3 Å². The van der Waals surface area contributed by atoms with Crippen LogP contribution in [-0.4, -0.2) is 35.8 Å². The highest BCUT2D eigenvalue weighted by Crippen LogP contribution is 2.37. The summed E-state index contributed by atoms with van der Waals surface area (Å²) >= 11 is 0. The standard InChI is InChI=1S/C21H19N3O4/c1-13-3-2-4-14(9-13)20-22-21(28-23-20)15-10-19(25)24(12-15)16-5-6-17-18(11-16)27-8-7-26-17/h2-6,9,11,15H,7-8,10,12H2,1H3. The molecule has 0 bridgehead atoms. The summed E-state index contributed by atoms with van der Waals surface area (Å²) in [5.74, 6) is 2.30. The summed E-state index contributed by atoms with van der Waals surface area (Å²) in [5, 5.41) is 4.10. The van der Waals surface area contributed by atoms with Gasteiger partial charge >= 0.3 is 0 Å². The highest BCUT2D eigenvalue weighted by Gasteiger charge is 2.35. The van der Waals surface area contributed by atoms with Gasteiger partial charge in [-0.05, 0) is 25.1 Å². The van der Waals surface area contributed by atoms with Gasteiger partial charge in [0.05, 0.1) is 5.92 Å². The van der Waals surface area contributed by atoms with E-state index in [4.69, 9.17) is 14.0 Å². The van der Waals surface area contributed by atoms with Crippen LogP contribution < -0.4 is 14.4 Å². The highest BCUT2D eigenvalue weighted by molar-refractivity contribution is 5.96. The average Bonchev–Trinajstić information content (AvgIpc) is 3.34. The summed E-state index contributed by atoms with van der Waals surface area (Å²) in [4.78, 5) is 18.9. The molecule has 2 aliphatic heterocycles. The van der Waals surface area contributed by atoms with E-state index in [0.717, 1.165) is 16.8 Å². The Morgan fingerprint density at radius 2 is 1.93 bits per heavy atom. The molecule has 2 aromatic carbocycles. The van der Waals surface area contributed by atoms with E-state index in [0.29, 0.717) is 49.4 Å². The van der Waals surface area contributed by atoms with E-state index in [9.17, 15) is 4.79 Å². The lowest BCUT2D eigenvalue weighted by Gasteiger charge is -2.22. The van der Waals surface area contributed by atoms with Crippen molar-refractivity contribution in [1.82, 2.24) is 10.1 Å². The number of rotatable bonds is 3. The Balaban J connectivity index is 1.37. The maximum Gasteiger partial charge on any atom is 0.232 e. The molecule has 7 nitrogen and oxygen atoms in total. The van der Waals surface area contributed by atoms with Gasteiger partial charge in [-0.1, -0.05) is 28.9 Å². The number of amides is 1. The molecule has 1 atom stereocenters. The second kappa shape index (κ2) is 6.67. The minimum atomic E-state index is -0.133. The van der Waals surface area contributed by atoms with Crippen LogP contribution in [0.5, 0.6) is 11.5 Å². The number of aromatic nitrogens is 2. The number of hydrogen-bond donors (Lipinski definition) is 0. The first kappa shape index (κ1) is 16.8. The lowest BCUT2D eigenvalue weighted by Crippen LogP contribution is -2.24. The molecule has 5 rings (SSSR count). The van der Waals surface area contributed by atoms with Gasteiger partial charge < -0.3 is 18.9 Å². The number of nitrogens with zero attached hydrogens (tertiary/aromatic N) is 3. The molecule has 1 unspecified atom stereocenters. The summed E-state index contributed by atoms with van der Waals surface area (Å²) < 4.78 is 16.7. The van der Waals surface area contributed by atoms with Gasteiger partial charge in [0.25, 0.3) is 0 Å². The fourth-order valence-corrected chi connectivity index (χ4v) is 3.62. The van der Waals surface area contributed by atoms with Gasteiger partial charge in [-0.3, -0.25) is 4.79 Å². The minimum absolute atomic E-state index is 0.0250. The zero-order chi connectivity index (χ0) is 19.1. The predicted molar refractivity (Wildman–Crippen MR) is 102 cm³/mol. The van der Waals surface area contributed by atoms with Gasteiger partial charge in [-0.25, -0.2) is 0 Å². The van der Waals surface area contributed by atoms with Crippen LogP contribution in [0.3, 0.4) is 0 Å². The van der Waals surface area contributed by atoms with Gasteiger partial charge in [-0.15, -0.1) is 0 Å². The lowest BCUT2D eigenvalue weighted by atomic mass is 10.1. The molecule has 0 radical (unpaired) electrons. The van der Waals surface area contributed by atoms with Crippen LogP contribution in [0.1, 0.15) is 23.8 Å². The molecule has 0 spiro atoms. The van der Waals surface area contributed by atoms with E-state index in [2.05, 4.69) is 10.1 Å². The fourth-order valence-electron chi connectivity index (χ4n) is 3.62. The highest BCUT2D eigenvalue weighted by atomic mass is 16.6. The molecule has 2 aliphatic rings. The summed E-state index contributed by atoms with van der Waals surface area (Å²) in [6.07, 6.45) is 0.337. The van der Waals surface area contributed by atoms with Gasteiger partial charge in [0.15, 0.2) is 11.5 Å². The van der Waals surface area contributed by atoms with Crippen molar-refractivity contribution in [3.05, 3.63) is 53.9 Å². The summed E-state index contributed by atoms with van der Waals surface area (Å²) in [7, 11) is 0. The number of anilines is 1. The molecule has 1 saturated heterocycles. The third kappa shape index (κ3) is 2.98. The molecular formula is C21H19N3O4. The van der Waals surface area contributed by atoms with E-state index in [1.807, 2.05) is 49.4 Å². The topological polar surface area (TPSA) is 77.7 Å². The van der Waals surface area contributed by atoms with Gasteiger partial charge in [0.1, 0.15) is 13.2 Å². The van der Waals surface area contributed by atoms with Crippen molar-refractivity contribution >= 4 is 11.6 Å². The quantitative estimate of drug-likeness (QED) is 0.697. The Labute approximate surface area is 161 Å². The second-order valence-corrected chi connectivity index (χ2v) is 7.06. The Bertz CT molecular complexity index is 1050. The SMILES string of the molecule is Cc1cccc(-c2noc(C3CC(=O)N(c4ccc5c(c4)OCCO5)C3)n2)c1. The van der Waals surface area contributed by atoms with Crippen molar-refractivity contribution < 1.29 is 18.8 Å². The second-order valence-electron chi connectivity index (χ2n) is 7.06. The lowest BCUT2D eigenvalue weighted by molar-refractivity contribution is -0.117. The minimum Gasteiger partial charge on any atom is -0.486 e. The Morgan fingerprint density at radius 1 is 1.07 bits per heavy atom. The Hall–Kier alpha value is -3.35. The van der Waals surface area contributed by atoms with E-state index < -0.39 is 0 Å². The van der Waals surface area contributed by atoms with Crippen molar-refractivity contribution in [3.8, 4) is 22.9 Å². The first-order valence-corrected chi connectivity index (χ1v) is 9.28. The molecule has 142 valence electrons. The van der Waals surface area contributed by atoms with Crippen LogP contribution in [0, 0.1) is 6.92 Å².